The number of ether oxygens (including phenoxy) is 1. The van der Waals surface area contributed by atoms with Gasteiger partial charge in [0.15, 0.2) is 0 Å². The summed E-state index contributed by atoms with van der Waals surface area (Å²) < 4.78 is 5.57. The second-order valence-corrected chi connectivity index (χ2v) is 3.93. The Morgan fingerprint density at radius 2 is 2.22 bits per heavy atom. The van der Waals surface area contributed by atoms with Crippen molar-refractivity contribution in [3.05, 3.63) is 59.4 Å². The van der Waals surface area contributed by atoms with Gasteiger partial charge in [0.1, 0.15) is 12.4 Å². The molecule has 18 heavy (non-hydrogen) atoms. The zero-order valence-corrected chi connectivity index (χ0v) is 9.96. The van der Waals surface area contributed by atoms with Gasteiger partial charge in [-0.05, 0) is 36.8 Å². The van der Waals surface area contributed by atoms with Crippen LogP contribution in [0.4, 0.5) is 0 Å². The molecule has 1 N–H and O–H groups in total. The van der Waals surface area contributed by atoms with Gasteiger partial charge in [0.25, 0.3) is 0 Å². The molecule has 0 radical (unpaired) electrons. The van der Waals surface area contributed by atoms with Gasteiger partial charge in [-0.1, -0.05) is 6.07 Å². The average molecular weight is 243 g/mol. The fourth-order valence-electron chi connectivity index (χ4n) is 1.62. The fourth-order valence-corrected chi connectivity index (χ4v) is 1.62. The van der Waals surface area contributed by atoms with Crippen LogP contribution in [0.2, 0.25) is 0 Å². The van der Waals surface area contributed by atoms with Gasteiger partial charge in [-0.3, -0.25) is 4.98 Å². The van der Waals surface area contributed by atoms with Crippen molar-refractivity contribution in [1.29, 1.82) is 0 Å². The van der Waals surface area contributed by atoms with Crippen molar-refractivity contribution in [2.24, 2.45) is 0 Å². The number of rotatable bonds is 4. The maximum absolute atomic E-state index is 10.9. The van der Waals surface area contributed by atoms with Crippen LogP contribution >= 0.6 is 0 Å². The lowest BCUT2D eigenvalue weighted by Crippen LogP contribution is -2.01. The lowest BCUT2D eigenvalue weighted by Gasteiger charge is -2.08. The number of benzene rings is 1. The molecule has 92 valence electrons. The van der Waals surface area contributed by atoms with E-state index in [0.717, 1.165) is 5.56 Å². The Hall–Kier alpha value is -2.36. The van der Waals surface area contributed by atoms with Gasteiger partial charge in [-0.15, -0.1) is 0 Å². The standard InChI is InChI=1S/C14H13NO3/c1-10-7-12(4-5-13(10)14(16)17)18-9-11-3-2-6-15-8-11/h2-8H,9H2,1H3,(H,16,17). The summed E-state index contributed by atoms with van der Waals surface area (Å²) in [6.07, 6.45) is 3.44. The van der Waals surface area contributed by atoms with E-state index in [0.29, 0.717) is 23.5 Å². The average Bonchev–Trinajstić information content (AvgIpc) is 2.37. The Kier molecular flexibility index (Phi) is 3.57. The summed E-state index contributed by atoms with van der Waals surface area (Å²) in [4.78, 5) is 14.9. The number of aryl methyl sites for hydroxylation is 1. The number of carbonyl (C=O) groups is 1. The largest absolute Gasteiger partial charge is 0.489 e. The third-order valence-corrected chi connectivity index (χ3v) is 2.56. The van der Waals surface area contributed by atoms with E-state index in [2.05, 4.69) is 4.98 Å². The van der Waals surface area contributed by atoms with Gasteiger partial charge in [0, 0.05) is 18.0 Å². The minimum absolute atomic E-state index is 0.295. The van der Waals surface area contributed by atoms with E-state index in [9.17, 15) is 4.79 Å². The van der Waals surface area contributed by atoms with E-state index in [1.54, 1.807) is 37.5 Å². The highest BCUT2D eigenvalue weighted by Crippen LogP contribution is 2.18. The van der Waals surface area contributed by atoms with Crippen molar-refractivity contribution in [2.45, 2.75) is 13.5 Å². The molecule has 0 bridgehead atoms. The van der Waals surface area contributed by atoms with Gasteiger partial charge in [-0.2, -0.15) is 0 Å². The number of nitrogens with zero attached hydrogens (tertiary/aromatic N) is 1. The van der Waals surface area contributed by atoms with Crippen LogP contribution in [0, 0.1) is 6.92 Å². The first-order chi connectivity index (χ1) is 8.66. The summed E-state index contributed by atoms with van der Waals surface area (Å²) in [5, 5.41) is 8.92. The highest BCUT2D eigenvalue weighted by Gasteiger charge is 2.07. The van der Waals surface area contributed by atoms with Gasteiger partial charge in [0.05, 0.1) is 5.56 Å². The lowest BCUT2D eigenvalue weighted by molar-refractivity contribution is 0.0696. The van der Waals surface area contributed by atoms with Gasteiger partial charge < -0.3 is 9.84 Å². The van der Waals surface area contributed by atoms with Gasteiger partial charge in [0.2, 0.25) is 0 Å². The third kappa shape index (κ3) is 2.85. The van der Waals surface area contributed by atoms with Gasteiger partial charge in [-0.25, -0.2) is 4.79 Å². The Morgan fingerprint density at radius 1 is 1.39 bits per heavy atom. The zero-order valence-electron chi connectivity index (χ0n) is 9.96. The summed E-state index contributed by atoms with van der Waals surface area (Å²) in [7, 11) is 0. The molecule has 0 spiro atoms. The van der Waals surface area contributed by atoms with Crippen molar-refractivity contribution in [3.63, 3.8) is 0 Å². The topological polar surface area (TPSA) is 59.4 Å². The molecule has 1 heterocycles. The second kappa shape index (κ2) is 5.31. The first-order valence-corrected chi connectivity index (χ1v) is 5.52. The Labute approximate surface area is 105 Å². The molecule has 1 aromatic carbocycles. The Balaban J connectivity index is 2.07. The van der Waals surface area contributed by atoms with Crippen LogP contribution < -0.4 is 4.74 Å². The minimum atomic E-state index is -0.925. The van der Waals surface area contributed by atoms with Crippen LogP contribution in [-0.4, -0.2) is 16.1 Å². The van der Waals surface area contributed by atoms with Crippen molar-refractivity contribution < 1.29 is 14.6 Å². The molecule has 0 amide bonds. The Morgan fingerprint density at radius 3 is 2.83 bits per heavy atom. The minimum Gasteiger partial charge on any atom is -0.489 e. The first-order valence-electron chi connectivity index (χ1n) is 5.52. The van der Waals surface area contributed by atoms with E-state index in [-0.39, 0.29) is 0 Å². The van der Waals surface area contributed by atoms with Crippen molar-refractivity contribution in [1.82, 2.24) is 4.98 Å². The number of pyridine rings is 1. The van der Waals surface area contributed by atoms with Crippen LogP contribution in [0.5, 0.6) is 5.75 Å². The van der Waals surface area contributed by atoms with E-state index >= 15 is 0 Å². The molecule has 0 unspecified atom stereocenters. The summed E-state index contributed by atoms with van der Waals surface area (Å²) >= 11 is 0. The third-order valence-electron chi connectivity index (χ3n) is 2.56. The molecule has 4 heteroatoms. The maximum atomic E-state index is 10.9. The molecule has 0 fully saturated rings. The molecule has 0 atom stereocenters. The maximum Gasteiger partial charge on any atom is 0.335 e. The monoisotopic (exact) mass is 243 g/mol. The van der Waals surface area contributed by atoms with Crippen molar-refractivity contribution >= 4 is 5.97 Å². The van der Waals surface area contributed by atoms with E-state index < -0.39 is 5.97 Å². The molecule has 2 rings (SSSR count). The summed E-state index contributed by atoms with van der Waals surface area (Å²) in [6, 6.07) is 8.70. The van der Waals surface area contributed by atoms with Crippen LogP contribution in [0.1, 0.15) is 21.5 Å². The van der Waals surface area contributed by atoms with Crippen molar-refractivity contribution in [2.75, 3.05) is 0 Å². The molecular formula is C14H13NO3. The molecule has 4 nitrogen and oxygen atoms in total. The molecule has 1 aromatic heterocycles. The normalized spacial score (nSPS) is 10.1. The predicted octanol–water partition coefficient (Wildman–Crippen LogP) is 2.67. The summed E-state index contributed by atoms with van der Waals surface area (Å²) in [6.45, 7) is 2.17. The van der Waals surface area contributed by atoms with E-state index in [1.165, 1.54) is 0 Å². The van der Waals surface area contributed by atoms with Crippen LogP contribution in [0.3, 0.4) is 0 Å². The smallest absolute Gasteiger partial charge is 0.335 e. The number of hydrogen-bond donors (Lipinski definition) is 1. The molecule has 2 aromatic rings. The molecule has 0 aliphatic heterocycles. The molecule has 0 aliphatic rings. The van der Waals surface area contributed by atoms with Crippen molar-refractivity contribution in [3.8, 4) is 5.75 Å². The highest BCUT2D eigenvalue weighted by atomic mass is 16.5. The number of carboxylic acids is 1. The predicted molar refractivity (Wildman–Crippen MR) is 66.7 cm³/mol. The summed E-state index contributed by atoms with van der Waals surface area (Å²) in [5.41, 5.74) is 1.95. The fraction of sp³-hybridized carbons (Fsp3) is 0.143. The van der Waals surface area contributed by atoms with Crippen LogP contribution in [0.25, 0.3) is 0 Å². The quantitative estimate of drug-likeness (QED) is 0.896. The number of carboxylic acid groups (broad SMARTS) is 1. The van der Waals surface area contributed by atoms with Crippen LogP contribution in [-0.2, 0) is 6.61 Å². The number of aromatic carboxylic acids is 1. The van der Waals surface area contributed by atoms with Gasteiger partial charge >= 0.3 is 5.97 Å². The summed E-state index contributed by atoms with van der Waals surface area (Å²) in [5.74, 6) is -0.271. The molecule has 0 saturated heterocycles. The highest BCUT2D eigenvalue weighted by molar-refractivity contribution is 5.89. The first kappa shape index (κ1) is 12.1. The zero-order chi connectivity index (χ0) is 13.0. The second-order valence-electron chi connectivity index (χ2n) is 3.93. The molecule has 0 saturated carbocycles. The lowest BCUT2D eigenvalue weighted by atomic mass is 10.1. The van der Waals surface area contributed by atoms with E-state index in [4.69, 9.17) is 9.84 Å². The molecule has 0 aliphatic carbocycles. The Bertz CT molecular complexity index is 552. The molecular weight excluding hydrogens is 230 g/mol. The van der Waals surface area contributed by atoms with E-state index in [1.807, 2.05) is 12.1 Å². The SMILES string of the molecule is Cc1cc(OCc2cccnc2)ccc1C(=O)O. The number of aromatic nitrogens is 1. The van der Waals surface area contributed by atoms with Crippen LogP contribution in [0.15, 0.2) is 42.7 Å². The number of hydrogen-bond acceptors (Lipinski definition) is 3.